The summed E-state index contributed by atoms with van der Waals surface area (Å²) >= 11 is 1.76. The Bertz CT molecular complexity index is 332. The van der Waals surface area contributed by atoms with E-state index in [4.69, 9.17) is 0 Å². The van der Waals surface area contributed by atoms with Crippen molar-refractivity contribution < 1.29 is 0 Å². The summed E-state index contributed by atoms with van der Waals surface area (Å²) in [5, 5.41) is 5.59. The molecule has 2 aromatic heterocycles. The number of rotatable bonds is 5. The second-order valence-electron chi connectivity index (χ2n) is 3.38. The minimum Gasteiger partial charge on any atom is -0.347 e. The number of hydrogen-bond acceptors (Lipinski definition) is 3. The molecule has 0 amide bonds. The topological polar surface area (TPSA) is 40.7 Å². The molecule has 0 spiro atoms. The molecule has 0 saturated carbocycles. The predicted molar refractivity (Wildman–Crippen MR) is 63.0 cm³/mol. The van der Waals surface area contributed by atoms with Crippen LogP contribution < -0.4 is 5.32 Å². The molecular formula is C11H15N3S. The van der Waals surface area contributed by atoms with Crippen molar-refractivity contribution in [2.24, 2.45) is 0 Å². The average molecular weight is 221 g/mol. The minimum absolute atomic E-state index is 0.208. The number of nitrogens with one attached hydrogen (secondary N) is 2. The SMILES string of the molecule is CCCNC(c1ncc[nH]1)c1cccs1. The Morgan fingerprint density at radius 2 is 2.53 bits per heavy atom. The molecular weight excluding hydrogens is 206 g/mol. The number of thiophene rings is 1. The molecule has 0 aromatic carbocycles. The van der Waals surface area contributed by atoms with E-state index >= 15 is 0 Å². The quantitative estimate of drug-likeness (QED) is 0.814. The lowest BCUT2D eigenvalue weighted by Gasteiger charge is -2.14. The molecule has 4 heteroatoms. The molecule has 15 heavy (non-hydrogen) atoms. The number of aromatic nitrogens is 2. The third-order valence-electron chi connectivity index (χ3n) is 2.22. The number of H-pyrrole nitrogens is 1. The summed E-state index contributed by atoms with van der Waals surface area (Å²) in [4.78, 5) is 8.79. The first kappa shape index (κ1) is 10.4. The number of nitrogens with zero attached hydrogens (tertiary/aromatic N) is 1. The highest BCUT2D eigenvalue weighted by Crippen LogP contribution is 2.23. The maximum atomic E-state index is 4.31. The summed E-state index contributed by atoms with van der Waals surface area (Å²) in [5.74, 6) is 0.992. The maximum absolute atomic E-state index is 4.31. The van der Waals surface area contributed by atoms with E-state index in [2.05, 4.69) is 39.7 Å². The highest BCUT2D eigenvalue weighted by atomic mass is 32.1. The minimum atomic E-state index is 0.208. The first-order valence-electron chi connectivity index (χ1n) is 5.18. The smallest absolute Gasteiger partial charge is 0.128 e. The first-order chi connectivity index (χ1) is 7.42. The Hall–Kier alpha value is -1.13. The average Bonchev–Trinajstić information content (AvgIpc) is 2.90. The van der Waals surface area contributed by atoms with Crippen LogP contribution in [0.1, 0.15) is 30.1 Å². The lowest BCUT2D eigenvalue weighted by atomic mass is 10.2. The molecule has 2 N–H and O–H groups in total. The Balaban J connectivity index is 2.17. The van der Waals surface area contributed by atoms with Gasteiger partial charge < -0.3 is 10.3 Å². The second-order valence-corrected chi connectivity index (χ2v) is 4.36. The monoisotopic (exact) mass is 221 g/mol. The standard InChI is InChI=1S/C11H15N3S/c1-2-5-12-10(9-4-3-8-15-9)11-13-6-7-14-11/h3-4,6-8,10,12H,2,5H2,1H3,(H,13,14). The fraction of sp³-hybridized carbons (Fsp3) is 0.364. The molecule has 1 atom stereocenters. The van der Waals surface area contributed by atoms with Gasteiger partial charge in [-0.15, -0.1) is 11.3 Å². The third-order valence-corrected chi connectivity index (χ3v) is 3.16. The molecule has 0 aliphatic carbocycles. The van der Waals surface area contributed by atoms with Crippen LogP contribution in [-0.2, 0) is 0 Å². The lowest BCUT2D eigenvalue weighted by Crippen LogP contribution is -2.23. The molecule has 2 rings (SSSR count). The molecule has 0 bridgehead atoms. The molecule has 0 saturated heterocycles. The summed E-state index contributed by atoms with van der Waals surface area (Å²) in [6.07, 6.45) is 4.79. The van der Waals surface area contributed by atoms with Crippen molar-refractivity contribution in [3.8, 4) is 0 Å². The fourth-order valence-corrected chi connectivity index (χ4v) is 2.31. The number of aromatic amines is 1. The Kier molecular flexibility index (Phi) is 3.53. The van der Waals surface area contributed by atoms with Crippen LogP contribution >= 0.6 is 11.3 Å². The van der Waals surface area contributed by atoms with Crippen LogP contribution in [0, 0.1) is 0 Å². The van der Waals surface area contributed by atoms with Gasteiger partial charge in [0.15, 0.2) is 0 Å². The Morgan fingerprint density at radius 1 is 1.60 bits per heavy atom. The van der Waals surface area contributed by atoms with Crippen molar-refractivity contribution in [1.82, 2.24) is 15.3 Å². The van der Waals surface area contributed by atoms with Gasteiger partial charge in [-0.05, 0) is 24.4 Å². The summed E-state index contributed by atoms with van der Waals surface area (Å²) in [6, 6.07) is 4.42. The molecule has 2 aromatic rings. The van der Waals surface area contributed by atoms with Crippen LogP contribution in [-0.4, -0.2) is 16.5 Å². The van der Waals surface area contributed by atoms with Gasteiger partial charge in [0.05, 0.1) is 0 Å². The fourth-order valence-electron chi connectivity index (χ4n) is 1.51. The van der Waals surface area contributed by atoms with Gasteiger partial charge in [0.2, 0.25) is 0 Å². The van der Waals surface area contributed by atoms with Crippen LogP contribution in [0.2, 0.25) is 0 Å². The van der Waals surface area contributed by atoms with Crippen LogP contribution in [0.5, 0.6) is 0 Å². The Labute approximate surface area is 93.6 Å². The van der Waals surface area contributed by atoms with Crippen LogP contribution in [0.15, 0.2) is 29.9 Å². The Morgan fingerprint density at radius 3 is 3.13 bits per heavy atom. The normalized spacial score (nSPS) is 12.9. The van der Waals surface area contributed by atoms with E-state index in [1.165, 1.54) is 4.88 Å². The van der Waals surface area contributed by atoms with Gasteiger partial charge in [-0.1, -0.05) is 13.0 Å². The van der Waals surface area contributed by atoms with Gasteiger partial charge in [-0.25, -0.2) is 4.98 Å². The summed E-state index contributed by atoms with van der Waals surface area (Å²) in [7, 11) is 0. The molecule has 3 nitrogen and oxygen atoms in total. The van der Waals surface area contributed by atoms with E-state index in [0.717, 1.165) is 18.8 Å². The second kappa shape index (κ2) is 5.09. The summed E-state index contributed by atoms with van der Waals surface area (Å²) in [6.45, 7) is 3.17. The van der Waals surface area contributed by atoms with E-state index < -0.39 is 0 Å². The molecule has 80 valence electrons. The van der Waals surface area contributed by atoms with Gasteiger partial charge in [0.1, 0.15) is 11.9 Å². The first-order valence-corrected chi connectivity index (χ1v) is 6.06. The maximum Gasteiger partial charge on any atom is 0.128 e. The summed E-state index contributed by atoms with van der Waals surface area (Å²) in [5.41, 5.74) is 0. The summed E-state index contributed by atoms with van der Waals surface area (Å²) < 4.78 is 0. The number of imidazole rings is 1. The van der Waals surface area contributed by atoms with E-state index in [9.17, 15) is 0 Å². The molecule has 2 heterocycles. The molecule has 0 aliphatic heterocycles. The highest BCUT2D eigenvalue weighted by molar-refractivity contribution is 7.10. The van der Waals surface area contributed by atoms with E-state index in [1.807, 2.05) is 6.20 Å². The molecule has 0 radical (unpaired) electrons. The lowest BCUT2D eigenvalue weighted by molar-refractivity contribution is 0.584. The van der Waals surface area contributed by atoms with E-state index in [0.29, 0.717) is 0 Å². The molecule has 1 unspecified atom stereocenters. The van der Waals surface area contributed by atoms with Crippen molar-refractivity contribution >= 4 is 11.3 Å². The van der Waals surface area contributed by atoms with Gasteiger partial charge >= 0.3 is 0 Å². The van der Waals surface area contributed by atoms with Crippen molar-refractivity contribution in [3.05, 3.63) is 40.6 Å². The van der Waals surface area contributed by atoms with Gasteiger partial charge in [-0.3, -0.25) is 0 Å². The molecule has 0 aliphatic rings. The van der Waals surface area contributed by atoms with Crippen LogP contribution in [0.3, 0.4) is 0 Å². The third kappa shape index (κ3) is 2.46. The van der Waals surface area contributed by atoms with E-state index in [-0.39, 0.29) is 6.04 Å². The van der Waals surface area contributed by atoms with Gasteiger partial charge in [-0.2, -0.15) is 0 Å². The zero-order chi connectivity index (χ0) is 10.5. The zero-order valence-corrected chi connectivity index (χ0v) is 9.55. The van der Waals surface area contributed by atoms with Crippen molar-refractivity contribution in [2.75, 3.05) is 6.54 Å². The van der Waals surface area contributed by atoms with Gasteiger partial charge in [0.25, 0.3) is 0 Å². The largest absolute Gasteiger partial charge is 0.347 e. The van der Waals surface area contributed by atoms with E-state index in [1.54, 1.807) is 17.5 Å². The van der Waals surface area contributed by atoms with Gasteiger partial charge in [0, 0.05) is 17.3 Å². The number of hydrogen-bond donors (Lipinski definition) is 2. The molecule has 0 fully saturated rings. The predicted octanol–water partition coefficient (Wildman–Crippen LogP) is 2.56. The van der Waals surface area contributed by atoms with Crippen molar-refractivity contribution in [1.29, 1.82) is 0 Å². The van der Waals surface area contributed by atoms with Crippen LogP contribution in [0.4, 0.5) is 0 Å². The van der Waals surface area contributed by atoms with Crippen LogP contribution in [0.25, 0.3) is 0 Å². The van der Waals surface area contributed by atoms with Crippen molar-refractivity contribution in [2.45, 2.75) is 19.4 Å². The highest BCUT2D eigenvalue weighted by Gasteiger charge is 2.15. The van der Waals surface area contributed by atoms with Crippen molar-refractivity contribution in [3.63, 3.8) is 0 Å². The zero-order valence-electron chi connectivity index (χ0n) is 8.73.